The molecule has 0 saturated heterocycles. The first kappa shape index (κ1) is 27.3. The Hall–Kier alpha value is -3.91. The first-order valence-electron chi connectivity index (χ1n) is 12.0. The Kier molecular flexibility index (Phi) is 10.7. The second-order valence-electron chi connectivity index (χ2n) is 8.66. The Morgan fingerprint density at radius 3 is 2.40 bits per heavy atom. The first-order chi connectivity index (χ1) is 16.8. The summed E-state index contributed by atoms with van der Waals surface area (Å²) in [6.07, 6.45) is 8.95. The minimum Gasteiger partial charge on any atom is -0.441 e. The highest BCUT2D eigenvalue weighted by molar-refractivity contribution is 6.06. The number of benzene rings is 1. The van der Waals surface area contributed by atoms with Gasteiger partial charge in [-0.2, -0.15) is 5.26 Å². The second kappa shape index (κ2) is 13.7. The third-order valence-electron chi connectivity index (χ3n) is 5.51. The molecular weight excluding hydrogens is 432 g/mol. The maximum atomic E-state index is 9.80. The van der Waals surface area contributed by atoms with Gasteiger partial charge in [-0.25, -0.2) is 0 Å². The fraction of sp³-hybridized carbons (Fsp3) is 0.300. The highest BCUT2D eigenvalue weighted by Gasteiger charge is 2.15. The fourth-order valence-corrected chi connectivity index (χ4v) is 3.43. The van der Waals surface area contributed by atoms with Crippen molar-refractivity contribution in [2.24, 2.45) is 5.92 Å². The summed E-state index contributed by atoms with van der Waals surface area (Å²) in [4.78, 5) is 4.69. The van der Waals surface area contributed by atoms with Crippen LogP contribution >= 0.6 is 0 Å². The predicted octanol–water partition coefficient (Wildman–Crippen LogP) is 6.96. The van der Waals surface area contributed by atoms with Crippen molar-refractivity contribution in [1.29, 1.82) is 10.7 Å². The molecule has 0 aliphatic heterocycles. The number of nitrogens with zero attached hydrogens (tertiary/aromatic N) is 2. The molecule has 182 valence electrons. The molecule has 0 fully saturated rings. The summed E-state index contributed by atoms with van der Waals surface area (Å²) < 4.78 is 6.30. The highest BCUT2D eigenvalue weighted by Crippen LogP contribution is 2.27. The van der Waals surface area contributed by atoms with E-state index >= 15 is 0 Å². The zero-order valence-corrected chi connectivity index (χ0v) is 21.6. The number of nitriles is 1. The molecule has 0 bridgehead atoms. The van der Waals surface area contributed by atoms with Crippen LogP contribution in [-0.2, 0) is 11.2 Å². The molecule has 0 saturated carbocycles. The number of hydrogen-bond acceptors (Lipinski definition) is 5. The van der Waals surface area contributed by atoms with E-state index in [1.165, 1.54) is 5.56 Å². The molecule has 0 aliphatic rings. The number of hydrogen-bond donors (Lipinski definition) is 2. The van der Waals surface area contributed by atoms with Gasteiger partial charge in [-0.05, 0) is 55.9 Å². The summed E-state index contributed by atoms with van der Waals surface area (Å²) in [7, 11) is 1.74. The summed E-state index contributed by atoms with van der Waals surface area (Å²) in [5, 5.41) is 21.3. The molecule has 35 heavy (non-hydrogen) atoms. The van der Waals surface area contributed by atoms with Gasteiger partial charge in [-0.15, -0.1) is 0 Å². The van der Waals surface area contributed by atoms with Crippen LogP contribution in [0.5, 0.6) is 0 Å². The van der Waals surface area contributed by atoms with Gasteiger partial charge in [0, 0.05) is 24.9 Å². The van der Waals surface area contributed by atoms with Crippen LogP contribution in [0.15, 0.2) is 89.7 Å². The Morgan fingerprint density at radius 1 is 1.17 bits per heavy atom. The van der Waals surface area contributed by atoms with Crippen LogP contribution in [-0.4, -0.2) is 17.7 Å². The number of nitrogens with one attached hydrogen (secondary N) is 2. The minimum absolute atomic E-state index is 0.313. The molecule has 0 atom stereocenters. The first-order valence-corrected chi connectivity index (χ1v) is 12.0. The normalized spacial score (nSPS) is 13.3. The molecule has 0 aliphatic carbocycles. The lowest BCUT2D eigenvalue weighted by atomic mass is 10.0. The molecule has 2 aromatic rings. The fourth-order valence-electron chi connectivity index (χ4n) is 3.43. The molecule has 0 spiro atoms. The lowest BCUT2D eigenvalue weighted by Gasteiger charge is -2.17. The van der Waals surface area contributed by atoms with Crippen LogP contribution in [0, 0.1) is 22.7 Å². The molecule has 1 aromatic heterocycles. The van der Waals surface area contributed by atoms with Gasteiger partial charge in [0.05, 0.1) is 23.0 Å². The zero-order chi connectivity index (χ0) is 25.8. The average Bonchev–Trinajstić information content (AvgIpc) is 2.87. The van der Waals surface area contributed by atoms with Crippen LogP contribution < -0.4 is 5.32 Å². The van der Waals surface area contributed by atoms with Gasteiger partial charge < -0.3 is 15.5 Å². The van der Waals surface area contributed by atoms with Gasteiger partial charge in [0.15, 0.2) is 5.88 Å². The molecule has 2 rings (SSSR count). The molecule has 1 aromatic carbocycles. The highest BCUT2D eigenvalue weighted by atomic mass is 16.5. The molecular formula is C30H36N4O. The largest absolute Gasteiger partial charge is 0.441 e. The molecule has 0 amide bonds. The van der Waals surface area contributed by atoms with Crippen LogP contribution in [0.3, 0.4) is 0 Å². The second-order valence-corrected chi connectivity index (χ2v) is 8.66. The van der Waals surface area contributed by atoms with E-state index in [1.807, 2.05) is 69.4 Å². The molecule has 5 nitrogen and oxygen atoms in total. The topological polar surface area (TPSA) is 81.8 Å². The van der Waals surface area contributed by atoms with Crippen LogP contribution in [0.2, 0.25) is 0 Å². The van der Waals surface area contributed by atoms with E-state index in [-0.39, 0.29) is 0 Å². The van der Waals surface area contributed by atoms with Gasteiger partial charge >= 0.3 is 0 Å². The lowest BCUT2D eigenvalue weighted by Crippen LogP contribution is -2.13. The van der Waals surface area contributed by atoms with Gasteiger partial charge in [0.2, 0.25) is 0 Å². The third-order valence-corrected chi connectivity index (χ3v) is 5.51. The minimum atomic E-state index is 0.313. The smallest absolute Gasteiger partial charge is 0.195 e. The van der Waals surface area contributed by atoms with E-state index in [4.69, 9.17) is 15.1 Å². The third kappa shape index (κ3) is 8.12. The summed E-state index contributed by atoms with van der Waals surface area (Å²) in [6.45, 7) is 10.3. The van der Waals surface area contributed by atoms with E-state index in [0.717, 1.165) is 35.2 Å². The van der Waals surface area contributed by atoms with Gasteiger partial charge in [-0.3, -0.25) is 4.98 Å². The van der Waals surface area contributed by atoms with E-state index < -0.39 is 0 Å². The standard InChI is InChI=1S/C30H36N4O/c1-7-22(5)25(19-31)17-29(26(8-2)28-15-14-23(20-34-28)16-21(3)4)35-30(33-6)18-27(32)24-12-10-9-11-13-24/h8-15,17-18,20-21,32-33H,7,16H2,1-6H3/b25-22-,26-8-,29-17+,30-18+,32-27?. The van der Waals surface area contributed by atoms with E-state index in [1.54, 1.807) is 19.2 Å². The Balaban J connectivity index is 2.53. The van der Waals surface area contributed by atoms with Gasteiger partial charge in [0.25, 0.3) is 0 Å². The van der Waals surface area contributed by atoms with E-state index in [2.05, 4.69) is 31.3 Å². The SMILES string of the molecule is C\C=C(/C(=C\C(C#N)=C(/C)CC)O/C(=C/C(=N)c1ccccc1)NC)c1ccc(CC(C)C)cn1. The molecule has 1 heterocycles. The van der Waals surface area contributed by atoms with Crippen molar-refractivity contribution >= 4 is 11.3 Å². The monoisotopic (exact) mass is 468 g/mol. The zero-order valence-electron chi connectivity index (χ0n) is 21.6. The Morgan fingerprint density at radius 2 is 1.89 bits per heavy atom. The summed E-state index contributed by atoms with van der Waals surface area (Å²) in [5.74, 6) is 1.43. The maximum absolute atomic E-state index is 9.80. The van der Waals surface area contributed by atoms with E-state index in [0.29, 0.717) is 28.8 Å². The van der Waals surface area contributed by atoms with Crippen LogP contribution in [0.4, 0.5) is 0 Å². The van der Waals surface area contributed by atoms with Crippen molar-refractivity contribution in [3.63, 3.8) is 0 Å². The molecule has 2 N–H and O–H groups in total. The predicted molar refractivity (Wildman–Crippen MR) is 145 cm³/mol. The molecule has 0 radical (unpaired) electrons. The van der Waals surface area contributed by atoms with Crippen molar-refractivity contribution in [2.45, 2.75) is 47.5 Å². The molecule has 0 unspecified atom stereocenters. The van der Waals surface area contributed by atoms with Crippen molar-refractivity contribution in [3.05, 3.63) is 106 Å². The number of pyridine rings is 1. The maximum Gasteiger partial charge on any atom is 0.195 e. The summed E-state index contributed by atoms with van der Waals surface area (Å²) in [5.41, 5.74) is 5.31. The quantitative estimate of drug-likeness (QED) is 0.162. The Labute approximate surface area is 210 Å². The average molecular weight is 469 g/mol. The summed E-state index contributed by atoms with van der Waals surface area (Å²) >= 11 is 0. The number of rotatable bonds is 11. The van der Waals surface area contributed by atoms with Gasteiger partial charge in [-0.1, -0.05) is 68.8 Å². The number of aromatic nitrogens is 1. The van der Waals surface area contributed by atoms with Crippen molar-refractivity contribution in [1.82, 2.24) is 10.3 Å². The van der Waals surface area contributed by atoms with Gasteiger partial charge in [0.1, 0.15) is 5.76 Å². The van der Waals surface area contributed by atoms with Crippen LogP contribution in [0.25, 0.3) is 5.57 Å². The lowest BCUT2D eigenvalue weighted by molar-refractivity contribution is 0.299. The van der Waals surface area contributed by atoms with Crippen molar-refractivity contribution in [2.75, 3.05) is 7.05 Å². The van der Waals surface area contributed by atoms with E-state index in [9.17, 15) is 5.26 Å². The summed E-state index contributed by atoms with van der Waals surface area (Å²) in [6, 6.07) is 15.8. The van der Waals surface area contributed by atoms with Crippen molar-refractivity contribution < 1.29 is 4.74 Å². The number of ether oxygens (including phenoxy) is 1. The Bertz CT molecular complexity index is 1160. The van der Waals surface area contributed by atoms with Crippen LogP contribution in [0.1, 0.15) is 57.9 Å². The number of allylic oxidation sites excluding steroid dienone is 6. The molecule has 5 heteroatoms. The van der Waals surface area contributed by atoms with Crippen molar-refractivity contribution in [3.8, 4) is 6.07 Å².